The number of hydrogen-bond donors (Lipinski definition) is 2. The Morgan fingerprint density at radius 3 is 2.43 bits per heavy atom. The zero-order chi connectivity index (χ0) is 17.1. The first kappa shape index (κ1) is 18.5. The lowest BCUT2D eigenvalue weighted by Gasteiger charge is -2.07. The number of carbonyl (C=O) groups excluding carboxylic acids is 2. The molecule has 0 aromatic heterocycles. The second-order valence-electron chi connectivity index (χ2n) is 4.67. The smallest absolute Gasteiger partial charge is 0.311 e. The molecule has 1 rings (SSSR count). The number of nitrogens with zero attached hydrogens (tertiary/aromatic N) is 1. The standard InChI is InChI=1S/C16H23N3O4/c1-4-22-14-8-6-13(7-9-14)17-11-15(20)19-18-12(3)10-16(21)23-5-2/h6-9,17H,4-5,10-11H2,1-3H3,(H,19,20)/b18-12+. The Bertz CT molecular complexity index is 541. The van der Waals surface area contributed by atoms with Crippen molar-refractivity contribution in [2.45, 2.75) is 27.2 Å². The third-order valence-corrected chi connectivity index (χ3v) is 2.70. The van der Waals surface area contributed by atoms with Gasteiger partial charge in [0.1, 0.15) is 5.75 Å². The third kappa shape index (κ3) is 7.85. The number of esters is 1. The van der Waals surface area contributed by atoms with Crippen LogP contribution in [0.15, 0.2) is 29.4 Å². The molecule has 1 aromatic carbocycles. The Morgan fingerprint density at radius 2 is 1.83 bits per heavy atom. The Morgan fingerprint density at radius 1 is 1.13 bits per heavy atom. The highest BCUT2D eigenvalue weighted by Crippen LogP contribution is 2.15. The van der Waals surface area contributed by atoms with Crippen molar-refractivity contribution in [1.29, 1.82) is 0 Å². The Hall–Kier alpha value is -2.57. The predicted octanol–water partition coefficient (Wildman–Crippen LogP) is 1.94. The van der Waals surface area contributed by atoms with Gasteiger partial charge < -0.3 is 14.8 Å². The molecule has 2 N–H and O–H groups in total. The first-order valence-corrected chi connectivity index (χ1v) is 7.49. The molecule has 1 amide bonds. The van der Waals surface area contributed by atoms with E-state index in [1.165, 1.54) is 0 Å². The lowest BCUT2D eigenvalue weighted by Crippen LogP contribution is -2.27. The Balaban J connectivity index is 2.34. The number of ether oxygens (including phenoxy) is 2. The van der Waals surface area contributed by atoms with Crippen LogP contribution in [0.2, 0.25) is 0 Å². The molecule has 23 heavy (non-hydrogen) atoms. The molecule has 126 valence electrons. The number of amides is 1. The second kappa shape index (κ2) is 10.2. The normalized spacial score (nSPS) is 10.8. The summed E-state index contributed by atoms with van der Waals surface area (Å²) in [6.07, 6.45) is 0.0560. The zero-order valence-corrected chi connectivity index (χ0v) is 13.7. The highest BCUT2D eigenvalue weighted by Gasteiger charge is 2.05. The number of carbonyl (C=O) groups is 2. The molecule has 0 spiro atoms. The molecule has 0 radical (unpaired) electrons. The maximum atomic E-state index is 11.7. The van der Waals surface area contributed by atoms with E-state index in [4.69, 9.17) is 9.47 Å². The number of nitrogens with one attached hydrogen (secondary N) is 2. The average molecular weight is 321 g/mol. The lowest BCUT2D eigenvalue weighted by molar-refractivity contribution is -0.141. The average Bonchev–Trinajstić information content (AvgIpc) is 2.52. The first-order valence-electron chi connectivity index (χ1n) is 7.49. The molecular weight excluding hydrogens is 298 g/mol. The van der Waals surface area contributed by atoms with E-state index >= 15 is 0 Å². The summed E-state index contributed by atoms with van der Waals surface area (Å²) in [4.78, 5) is 22.9. The molecule has 7 heteroatoms. The van der Waals surface area contributed by atoms with Crippen LogP contribution in [0.3, 0.4) is 0 Å². The van der Waals surface area contributed by atoms with Crippen molar-refractivity contribution in [2.24, 2.45) is 5.10 Å². The van der Waals surface area contributed by atoms with Crippen molar-refractivity contribution in [1.82, 2.24) is 5.43 Å². The van der Waals surface area contributed by atoms with Crippen LogP contribution in [0.4, 0.5) is 5.69 Å². The van der Waals surface area contributed by atoms with Crippen molar-refractivity contribution in [3.63, 3.8) is 0 Å². The van der Waals surface area contributed by atoms with E-state index in [0.29, 0.717) is 18.9 Å². The number of hydrogen-bond acceptors (Lipinski definition) is 6. The van der Waals surface area contributed by atoms with Crippen LogP contribution >= 0.6 is 0 Å². The van der Waals surface area contributed by atoms with Crippen molar-refractivity contribution >= 4 is 23.3 Å². The van der Waals surface area contributed by atoms with Crippen LogP contribution in [0.1, 0.15) is 27.2 Å². The highest BCUT2D eigenvalue weighted by atomic mass is 16.5. The van der Waals surface area contributed by atoms with Crippen LogP contribution in [0.25, 0.3) is 0 Å². The van der Waals surface area contributed by atoms with Crippen LogP contribution in [-0.4, -0.2) is 37.3 Å². The minimum absolute atomic E-state index is 0.0560. The largest absolute Gasteiger partial charge is 0.494 e. The molecule has 0 atom stereocenters. The van der Waals surface area contributed by atoms with Gasteiger partial charge in [0.25, 0.3) is 5.91 Å². The molecule has 0 aliphatic rings. The van der Waals surface area contributed by atoms with E-state index < -0.39 is 0 Å². The first-order chi connectivity index (χ1) is 11.0. The number of rotatable bonds is 9. The fourth-order valence-corrected chi connectivity index (χ4v) is 1.68. The summed E-state index contributed by atoms with van der Waals surface area (Å²) >= 11 is 0. The molecule has 0 saturated carbocycles. The van der Waals surface area contributed by atoms with Crippen LogP contribution in [-0.2, 0) is 14.3 Å². The van der Waals surface area contributed by atoms with Gasteiger partial charge in [0.05, 0.1) is 26.2 Å². The summed E-state index contributed by atoms with van der Waals surface area (Å²) < 4.78 is 10.1. The monoisotopic (exact) mass is 321 g/mol. The molecule has 0 fully saturated rings. The highest BCUT2D eigenvalue weighted by molar-refractivity contribution is 5.98. The minimum atomic E-state index is -0.365. The van der Waals surface area contributed by atoms with Gasteiger partial charge in [0.2, 0.25) is 0 Å². The SMILES string of the molecule is CCOC(=O)C/C(C)=N/NC(=O)CNc1ccc(OCC)cc1. The van der Waals surface area contributed by atoms with E-state index in [2.05, 4.69) is 15.8 Å². The number of anilines is 1. The maximum absolute atomic E-state index is 11.7. The van der Waals surface area contributed by atoms with E-state index in [9.17, 15) is 9.59 Å². The Labute approximate surface area is 136 Å². The summed E-state index contributed by atoms with van der Waals surface area (Å²) in [6, 6.07) is 7.30. The van der Waals surface area contributed by atoms with Gasteiger partial charge in [0.15, 0.2) is 0 Å². The van der Waals surface area contributed by atoms with Gasteiger partial charge >= 0.3 is 5.97 Å². The molecule has 0 aliphatic carbocycles. The van der Waals surface area contributed by atoms with Gasteiger partial charge in [-0.2, -0.15) is 5.10 Å². The fourth-order valence-electron chi connectivity index (χ4n) is 1.68. The van der Waals surface area contributed by atoms with E-state index in [-0.39, 0.29) is 24.8 Å². The number of benzene rings is 1. The molecule has 1 aromatic rings. The fraction of sp³-hybridized carbons (Fsp3) is 0.438. The predicted molar refractivity (Wildman–Crippen MR) is 88.6 cm³/mol. The summed E-state index contributed by atoms with van der Waals surface area (Å²) in [5.74, 6) is 0.110. The molecular formula is C16H23N3O4. The van der Waals surface area contributed by atoms with Crippen molar-refractivity contribution in [3.05, 3.63) is 24.3 Å². The summed E-state index contributed by atoms with van der Waals surface area (Å²) in [6.45, 7) is 6.31. The van der Waals surface area contributed by atoms with Crippen molar-refractivity contribution < 1.29 is 19.1 Å². The maximum Gasteiger partial charge on any atom is 0.311 e. The molecule has 0 aliphatic heterocycles. The van der Waals surface area contributed by atoms with Crippen molar-refractivity contribution in [3.8, 4) is 5.75 Å². The van der Waals surface area contributed by atoms with Gasteiger partial charge in [-0.3, -0.25) is 9.59 Å². The van der Waals surface area contributed by atoms with Crippen LogP contribution in [0, 0.1) is 0 Å². The number of hydrazone groups is 1. The Kier molecular flexibility index (Phi) is 8.20. The van der Waals surface area contributed by atoms with E-state index in [1.54, 1.807) is 13.8 Å². The van der Waals surface area contributed by atoms with E-state index in [0.717, 1.165) is 11.4 Å². The summed E-state index contributed by atoms with van der Waals surface area (Å²) in [5.41, 5.74) is 3.67. The lowest BCUT2D eigenvalue weighted by atomic mass is 10.3. The van der Waals surface area contributed by atoms with Crippen LogP contribution in [0.5, 0.6) is 5.75 Å². The summed E-state index contributed by atoms with van der Waals surface area (Å²) in [5, 5.41) is 6.82. The van der Waals surface area contributed by atoms with Gasteiger partial charge in [0, 0.05) is 11.4 Å². The molecule has 0 heterocycles. The second-order valence-corrected chi connectivity index (χ2v) is 4.67. The van der Waals surface area contributed by atoms with Crippen LogP contribution < -0.4 is 15.5 Å². The van der Waals surface area contributed by atoms with Gasteiger partial charge in [-0.15, -0.1) is 0 Å². The topological polar surface area (TPSA) is 89.0 Å². The van der Waals surface area contributed by atoms with Gasteiger partial charge in [-0.05, 0) is 45.0 Å². The summed E-state index contributed by atoms with van der Waals surface area (Å²) in [7, 11) is 0. The molecule has 0 bridgehead atoms. The van der Waals surface area contributed by atoms with Gasteiger partial charge in [-0.1, -0.05) is 0 Å². The molecule has 0 saturated heterocycles. The van der Waals surface area contributed by atoms with E-state index in [1.807, 2.05) is 31.2 Å². The van der Waals surface area contributed by atoms with Crippen molar-refractivity contribution in [2.75, 3.05) is 25.1 Å². The third-order valence-electron chi connectivity index (χ3n) is 2.70. The minimum Gasteiger partial charge on any atom is -0.494 e. The molecule has 0 unspecified atom stereocenters. The van der Waals surface area contributed by atoms with Gasteiger partial charge in [-0.25, -0.2) is 5.43 Å². The molecule has 7 nitrogen and oxygen atoms in total. The quantitative estimate of drug-likeness (QED) is 0.412. The zero-order valence-electron chi connectivity index (χ0n) is 13.7.